The van der Waals surface area contributed by atoms with E-state index < -0.39 is 4.92 Å². The Morgan fingerprint density at radius 2 is 2.25 bits per heavy atom. The first-order valence-electron chi connectivity index (χ1n) is 6.49. The second-order valence-corrected chi connectivity index (χ2v) is 5.97. The number of nitrogens with two attached hydrogens (primary N) is 1. The Morgan fingerprint density at radius 1 is 1.50 bits per heavy atom. The fourth-order valence-corrected chi connectivity index (χ4v) is 3.19. The first-order chi connectivity index (χ1) is 9.54. The van der Waals surface area contributed by atoms with Gasteiger partial charge in [0, 0.05) is 34.8 Å². The lowest BCUT2D eigenvalue weighted by Gasteiger charge is -2.35. The first kappa shape index (κ1) is 15.2. The van der Waals surface area contributed by atoms with Crippen LogP contribution in [-0.2, 0) is 0 Å². The zero-order chi connectivity index (χ0) is 14.7. The number of nitro benzene ring substituents is 1. The molecule has 0 bridgehead atoms. The molecule has 6 nitrogen and oxygen atoms in total. The van der Waals surface area contributed by atoms with E-state index in [0.29, 0.717) is 22.2 Å². The van der Waals surface area contributed by atoms with E-state index in [1.54, 1.807) is 4.90 Å². The quantitative estimate of drug-likeness (QED) is 0.488. The van der Waals surface area contributed by atoms with E-state index in [9.17, 15) is 14.9 Å². The molecule has 0 aromatic heterocycles. The third kappa shape index (κ3) is 3.09. The number of carbonyl (C=O) groups is 1. The molecule has 0 saturated carbocycles. The van der Waals surface area contributed by atoms with Crippen molar-refractivity contribution >= 4 is 34.2 Å². The summed E-state index contributed by atoms with van der Waals surface area (Å²) in [6, 6.07) is 4.40. The summed E-state index contributed by atoms with van der Waals surface area (Å²) in [4.78, 5) is 24.6. The third-order valence-corrected chi connectivity index (χ3v) is 4.45. The van der Waals surface area contributed by atoms with Crippen LogP contribution in [0.2, 0.25) is 0 Å². The second-order valence-electron chi connectivity index (χ2n) is 4.81. The molecular formula is C13H16IN3O3. The Hall–Kier alpha value is -1.22. The fourth-order valence-electron chi connectivity index (χ4n) is 2.46. The molecule has 1 amide bonds. The minimum atomic E-state index is -0.458. The molecule has 1 aliphatic rings. The van der Waals surface area contributed by atoms with Crippen molar-refractivity contribution in [3.8, 4) is 0 Å². The lowest BCUT2D eigenvalue weighted by molar-refractivity contribution is -0.384. The van der Waals surface area contributed by atoms with Crippen molar-refractivity contribution in [2.45, 2.75) is 25.3 Å². The molecule has 1 heterocycles. The number of likely N-dealkylation sites (tertiary alicyclic amines) is 1. The lowest BCUT2D eigenvalue weighted by Crippen LogP contribution is -2.47. The molecule has 1 atom stereocenters. The van der Waals surface area contributed by atoms with Gasteiger partial charge in [-0.05, 0) is 47.9 Å². The summed E-state index contributed by atoms with van der Waals surface area (Å²) in [6.07, 6.45) is 2.99. The number of carbonyl (C=O) groups excluding carboxylic acids is 1. The molecular weight excluding hydrogens is 373 g/mol. The largest absolute Gasteiger partial charge is 0.334 e. The van der Waals surface area contributed by atoms with Crippen LogP contribution in [0.25, 0.3) is 0 Å². The van der Waals surface area contributed by atoms with Crippen LogP contribution in [0.5, 0.6) is 0 Å². The third-order valence-electron chi connectivity index (χ3n) is 3.55. The van der Waals surface area contributed by atoms with E-state index in [0.717, 1.165) is 19.3 Å². The van der Waals surface area contributed by atoms with Crippen molar-refractivity contribution in [3.63, 3.8) is 0 Å². The minimum absolute atomic E-state index is 0.0000287. The maximum absolute atomic E-state index is 12.6. The number of hydrogen-bond donors (Lipinski definition) is 1. The normalized spacial score (nSPS) is 18.9. The van der Waals surface area contributed by atoms with Gasteiger partial charge in [-0.25, -0.2) is 0 Å². The summed E-state index contributed by atoms with van der Waals surface area (Å²) in [5, 5.41) is 10.7. The Kier molecular flexibility index (Phi) is 4.92. The van der Waals surface area contributed by atoms with Crippen molar-refractivity contribution in [2.75, 3.05) is 13.1 Å². The van der Waals surface area contributed by atoms with Crippen LogP contribution in [-0.4, -0.2) is 34.9 Å². The Bertz CT molecular complexity index is 536. The molecule has 1 saturated heterocycles. The van der Waals surface area contributed by atoms with Gasteiger partial charge < -0.3 is 10.6 Å². The molecule has 1 aromatic carbocycles. The summed E-state index contributed by atoms with van der Waals surface area (Å²) in [5.41, 5.74) is 6.24. The molecule has 108 valence electrons. The molecule has 7 heteroatoms. The van der Waals surface area contributed by atoms with Crippen LogP contribution < -0.4 is 5.73 Å². The van der Waals surface area contributed by atoms with Crippen molar-refractivity contribution in [1.29, 1.82) is 0 Å². The van der Waals surface area contributed by atoms with Gasteiger partial charge in [0.05, 0.1) is 10.5 Å². The first-order valence-corrected chi connectivity index (χ1v) is 7.57. The zero-order valence-electron chi connectivity index (χ0n) is 10.9. The van der Waals surface area contributed by atoms with Gasteiger partial charge in [-0.1, -0.05) is 0 Å². The highest BCUT2D eigenvalue weighted by atomic mass is 127. The molecule has 0 radical (unpaired) electrons. The number of nitro groups is 1. The van der Waals surface area contributed by atoms with E-state index in [1.165, 1.54) is 18.2 Å². The van der Waals surface area contributed by atoms with E-state index in [1.807, 2.05) is 22.6 Å². The van der Waals surface area contributed by atoms with Crippen molar-refractivity contribution < 1.29 is 9.72 Å². The molecule has 1 fully saturated rings. The maximum Gasteiger partial charge on any atom is 0.270 e. The molecule has 20 heavy (non-hydrogen) atoms. The van der Waals surface area contributed by atoms with Crippen molar-refractivity contribution in [3.05, 3.63) is 37.4 Å². The molecule has 2 N–H and O–H groups in total. The number of halogens is 1. The predicted molar refractivity (Wildman–Crippen MR) is 83.5 cm³/mol. The molecule has 1 aromatic rings. The van der Waals surface area contributed by atoms with Gasteiger partial charge in [0.25, 0.3) is 11.6 Å². The number of non-ortho nitro benzene ring substituents is 1. The zero-order valence-corrected chi connectivity index (χ0v) is 13.1. The Morgan fingerprint density at radius 3 is 2.85 bits per heavy atom. The van der Waals surface area contributed by atoms with Gasteiger partial charge in [-0.15, -0.1) is 0 Å². The smallest absolute Gasteiger partial charge is 0.270 e. The van der Waals surface area contributed by atoms with Crippen LogP contribution in [0.1, 0.15) is 29.6 Å². The fraction of sp³-hybridized carbons (Fsp3) is 0.462. The number of benzene rings is 1. The maximum atomic E-state index is 12.6. The Labute approximate surface area is 130 Å². The van der Waals surface area contributed by atoms with Gasteiger partial charge in [-0.3, -0.25) is 14.9 Å². The van der Waals surface area contributed by atoms with Gasteiger partial charge in [-0.2, -0.15) is 0 Å². The molecule has 1 unspecified atom stereocenters. The minimum Gasteiger partial charge on any atom is -0.334 e. The van der Waals surface area contributed by atoms with Crippen LogP contribution >= 0.6 is 22.6 Å². The van der Waals surface area contributed by atoms with Crippen LogP contribution in [0.3, 0.4) is 0 Å². The van der Waals surface area contributed by atoms with Gasteiger partial charge >= 0.3 is 0 Å². The van der Waals surface area contributed by atoms with Crippen LogP contribution in [0, 0.1) is 13.7 Å². The van der Waals surface area contributed by atoms with Crippen molar-refractivity contribution in [2.24, 2.45) is 5.73 Å². The molecule has 0 spiro atoms. The predicted octanol–water partition coefficient (Wildman–Crippen LogP) is 2.15. The van der Waals surface area contributed by atoms with E-state index in [4.69, 9.17) is 5.73 Å². The standard InChI is InChI=1S/C13H16IN3O3/c14-12-7-9(17(19)20)4-5-11(12)13(18)16-6-2-1-3-10(16)8-15/h4-5,7,10H,1-3,6,8,15H2. The lowest BCUT2D eigenvalue weighted by atomic mass is 10.0. The van der Waals surface area contributed by atoms with E-state index in [2.05, 4.69) is 0 Å². The van der Waals surface area contributed by atoms with E-state index in [-0.39, 0.29) is 17.6 Å². The SMILES string of the molecule is NCC1CCCCN1C(=O)c1ccc([N+](=O)[O-])cc1I. The van der Waals surface area contributed by atoms with Gasteiger partial charge in [0.15, 0.2) is 0 Å². The summed E-state index contributed by atoms with van der Waals surface area (Å²) >= 11 is 1.97. The highest BCUT2D eigenvalue weighted by Gasteiger charge is 2.28. The number of hydrogen-bond acceptors (Lipinski definition) is 4. The highest BCUT2D eigenvalue weighted by molar-refractivity contribution is 14.1. The van der Waals surface area contributed by atoms with E-state index >= 15 is 0 Å². The van der Waals surface area contributed by atoms with Crippen molar-refractivity contribution in [1.82, 2.24) is 4.90 Å². The average molecular weight is 389 g/mol. The topological polar surface area (TPSA) is 89.5 Å². The van der Waals surface area contributed by atoms with Crippen LogP contribution in [0.4, 0.5) is 5.69 Å². The van der Waals surface area contributed by atoms with Crippen LogP contribution in [0.15, 0.2) is 18.2 Å². The number of piperidine rings is 1. The number of rotatable bonds is 3. The highest BCUT2D eigenvalue weighted by Crippen LogP contribution is 2.24. The summed E-state index contributed by atoms with van der Waals surface area (Å²) in [5.74, 6) is -0.0838. The van der Waals surface area contributed by atoms with Gasteiger partial charge in [0.2, 0.25) is 0 Å². The number of nitrogens with zero attached hydrogens (tertiary/aromatic N) is 2. The summed E-state index contributed by atoms with van der Waals surface area (Å²) in [6.45, 7) is 1.16. The second kappa shape index (κ2) is 6.49. The molecule has 0 aliphatic carbocycles. The molecule has 1 aliphatic heterocycles. The average Bonchev–Trinajstić information content (AvgIpc) is 2.46. The number of amides is 1. The van der Waals surface area contributed by atoms with Gasteiger partial charge in [0.1, 0.15) is 0 Å². The summed E-state index contributed by atoms with van der Waals surface area (Å²) < 4.78 is 0.600. The summed E-state index contributed by atoms with van der Waals surface area (Å²) in [7, 11) is 0. The Balaban J connectivity index is 2.26. The molecule has 2 rings (SSSR count). The monoisotopic (exact) mass is 389 g/mol.